The molecule has 0 aromatic carbocycles. The molecule has 16 heavy (non-hydrogen) atoms. The molecule has 2 amide bonds. The standard InChI is InChI=1S/C12H19NO3/c1-8-9(2)11(16)13(10(8)15)12(7-14)5-3-4-6-12/h8-9,14H,3-7H2,1-2H3. The van der Waals surface area contributed by atoms with Crippen LogP contribution in [0.5, 0.6) is 0 Å². The molecule has 0 aromatic rings. The molecule has 1 saturated heterocycles. The number of imide groups is 1. The molecule has 2 unspecified atom stereocenters. The molecule has 1 aliphatic carbocycles. The summed E-state index contributed by atoms with van der Waals surface area (Å²) >= 11 is 0. The van der Waals surface area contributed by atoms with Crippen molar-refractivity contribution in [2.24, 2.45) is 11.8 Å². The summed E-state index contributed by atoms with van der Waals surface area (Å²) in [5.74, 6) is -0.685. The van der Waals surface area contributed by atoms with Crippen LogP contribution in [0.4, 0.5) is 0 Å². The minimum Gasteiger partial charge on any atom is -0.394 e. The number of nitrogens with zero attached hydrogens (tertiary/aromatic N) is 1. The van der Waals surface area contributed by atoms with E-state index in [1.807, 2.05) is 0 Å². The third-order valence-electron chi connectivity index (χ3n) is 4.27. The van der Waals surface area contributed by atoms with E-state index >= 15 is 0 Å². The summed E-state index contributed by atoms with van der Waals surface area (Å²) < 4.78 is 0. The van der Waals surface area contributed by atoms with Crippen LogP contribution in [0.2, 0.25) is 0 Å². The first-order valence-corrected chi connectivity index (χ1v) is 6.02. The lowest BCUT2D eigenvalue weighted by Crippen LogP contribution is -2.53. The third-order valence-corrected chi connectivity index (χ3v) is 4.27. The minimum atomic E-state index is -0.590. The average Bonchev–Trinajstić information content (AvgIpc) is 2.82. The minimum absolute atomic E-state index is 0.0933. The fourth-order valence-electron chi connectivity index (χ4n) is 2.90. The van der Waals surface area contributed by atoms with Gasteiger partial charge in [0.1, 0.15) is 0 Å². The number of amides is 2. The summed E-state index contributed by atoms with van der Waals surface area (Å²) in [4.78, 5) is 25.5. The predicted molar refractivity (Wildman–Crippen MR) is 58.5 cm³/mol. The van der Waals surface area contributed by atoms with Crippen molar-refractivity contribution >= 4 is 11.8 Å². The Kier molecular flexibility index (Phi) is 2.78. The Labute approximate surface area is 95.6 Å². The van der Waals surface area contributed by atoms with Crippen molar-refractivity contribution in [2.45, 2.75) is 45.1 Å². The Balaban J connectivity index is 2.33. The SMILES string of the molecule is CC1C(=O)N(C2(CO)CCCC2)C(=O)C1C. The van der Waals surface area contributed by atoms with Crippen LogP contribution < -0.4 is 0 Å². The highest BCUT2D eigenvalue weighted by atomic mass is 16.3. The summed E-state index contributed by atoms with van der Waals surface area (Å²) in [6, 6.07) is 0. The van der Waals surface area contributed by atoms with Crippen LogP contribution in [-0.2, 0) is 9.59 Å². The van der Waals surface area contributed by atoms with Gasteiger partial charge in [-0.3, -0.25) is 14.5 Å². The molecule has 2 atom stereocenters. The van der Waals surface area contributed by atoms with Crippen LogP contribution in [0, 0.1) is 11.8 Å². The van der Waals surface area contributed by atoms with Gasteiger partial charge in [0.2, 0.25) is 11.8 Å². The van der Waals surface area contributed by atoms with Crippen molar-refractivity contribution in [3.63, 3.8) is 0 Å². The molecule has 1 N–H and O–H groups in total. The average molecular weight is 225 g/mol. The van der Waals surface area contributed by atoms with Crippen LogP contribution >= 0.6 is 0 Å². The van der Waals surface area contributed by atoms with Gasteiger partial charge in [0.15, 0.2) is 0 Å². The van der Waals surface area contributed by atoms with Gasteiger partial charge in [0.05, 0.1) is 12.1 Å². The van der Waals surface area contributed by atoms with Gasteiger partial charge in [-0.25, -0.2) is 0 Å². The van der Waals surface area contributed by atoms with Gasteiger partial charge in [-0.15, -0.1) is 0 Å². The van der Waals surface area contributed by atoms with Gasteiger partial charge in [0, 0.05) is 11.8 Å². The molecule has 4 heteroatoms. The van der Waals surface area contributed by atoms with E-state index in [1.165, 1.54) is 4.90 Å². The molecule has 90 valence electrons. The number of aliphatic hydroxyl groups is 1. The number of rotatable bonds is 2. The van der Waals surface area contributed by atoms with Crippen LogP contribution in [0.1, 0.15) is 39.5 Å². The molecule has 2 aliphatic rings. The molecular formula is C12H19NO3. The molecule has 1 aliphatic heterocycles. The molecular weight excluding hydrogens is 206 g/mol. The summed E-state index contributed by atoms with van der Waals surface area (Å²) in [5.41, 5.74) is -0.590. The zero-order valence-electron chi connectivity index (χ0n) is 9.90. The van der Waals surface area contributed by atoms with Crippen LogP contribution in [0.25, 0.3) is 0 Å². The molecule has 0 spiro atoms. The fourth-order valence-corrected chi connectivity index (χ4v) is 2.90. The second kappa shape index (κ2) is 3.84. The maximum Gasteiger partial charge on any atom is 0.233 e. The van der Waals surface area contributed by atoms with E-state index < -0.39 is 5.54 Å². The van der Waals surface area contributed by atoms with Gasteiger partial charge < -0.3 is 5.11 Å². The zero-order chi connectivity index (χ0) is 11.9. The quantitative estimate of drug-likeness (QED) is 0.711. The molecule has 1 saturated carbocycles. The maximum absolute atomic E-state index is 12.1. The van der Waals surface area contributed by atoms with E-state index in [0.717, 1.165) is 25.7 Å². The van der Waals surface area contributed by atoms with E-state index in [4.69, 9.17) is 0 Å². The second-order valence-corrected chi connectivity index (χ2v) is 5.18. The van der Waals surface area contributed by atoms with Crippen molar-refractivity contribution in [2.75, 3.05) is 6.61 Å². The van der Waals surface area contributed by atoms with E-state index in [-0.39, 0.29) is 30.3 Å². The van der Waals surface area contributed by atoms with Gasteiger partial charge in [-0.1, -0.05) is 26.7 Å². The molecule has 0 bridgehead atoms. The van der Waals surface area contributed by atoms with E-state index in [9.17, 15) is 14.7 Å². The summed E-state index contributed by atoms with van der Waals surface area (Å²) in [7, 11) is 0. The topological polar surface area (TPSA) is 57.6 Å². The van der Waals surface area contributed by atoms with Crippen molar-refractivity contribution in [3.8, 4) is 0 Å². The Hall–Kier alpha value is -0.900. The number of likely N-dealkylation sites (tertiary alicyclic amines) is 1. The normalized spacial score (nSPS) is 33.8. The highest BCUT2D eigenvalue weighted by Crippen LogP contribution is 2.40. The van der Waals surface area contributed by atoms with Crippen LogP contribution in [-0.4, -0.2) is 34.0 Å². The van der Waals surface area contributed by atoms with Gasteiger partial charge in [0.25, 0.3) is 0 Å². The van der Waals surface area contributed by atoms with Crippen molar-refractivity contribution in [1.29, 1.82) is 0 Å². The highest BCUT2D eigenvalue weighted by Gasteiger charge is 2.52. The summed E-state index contributed by atoms with van der Waals surface area (Å²) in [6.45, 7) is 3.50. The second-order valence-electron chi connectivity index (χ2n) is 5.18. The Morgan fingerprint density at radius 1 is 1.19 bits per heavy atom. The van der Waals surface area contributed by atoms with E-state index in [1.54, 1.807) is 13.8 Å². The highest BCUT2D eigenvalue weighted by molar-refractivity contribution is 6.05. The number of aliphatic hydroxyl groups excluding tert-OH is 1. The number of hydrogen-bond acceptors (Lipinski definition) is 3. The molecule has 4 nitrogen and oxygen atoms in total. The van der Waals surface area contributed by atoms with Crippen molar-refractivity contribution < 1.29 is 14.7 Å². The molecule has 0 radical (unpaired) electrons. The first-order valence-electron chi connectivity index (χ1n) is 6.02. The first kappa shape index (κ1) is 11.6. The summed E-state index contributed by atoms with van der Waals surface area (Å²) in [6.07, 6.45) is 3.47. The lowest BCUT2D eigenvalue weighted by molar-refractivity contribution is -0.149. The maximum atomic E-state index is 12.1. The van der Waals surface area contributed by atoms with Crippen molar-refractivity contribution in [1.82, 2.24) is 4.90 Å². The lowest BCUT2D eigenvalue weighted by atomic mass is 9.96. The molecule has 1 heterocycles. The number of carbonyl (C=O) groups excluding carboxylic acids is 2. The smallest absolute Gasteiger partial charge is 0.233 e. The van der Waals surface area contributed by atoms with Gasteiger partial charge in [-0.05, 0) is 12.8 Å². The third kappa shape index (κ3) is 1.39. The largest absolute Gasteiger partial charge is 0.394 e. The number of carbonyl (C=O) groups is 2. The lowest BCUT2D eigenvalue weighted by Gasteiger charge is -2.35. The van der Waals surface area contributed by atoms with Gasteiger partial charge >= 0.3 is 0 Å². The predicted octanol–water partition coefficient (Wildman–Crippen LogP) is 0.932. The molecule has 0 aromatic heterocycles. The van der Waals surface area contributed by atoms with Crippen molar-refractivity contribution in [3.05, 3.63) is 0 Å². The summed E-state index contributed by atoms with van der Waals surface area (Å²) in [5, 5.41) is 9.54. The fraction of sp³-hybridized carbons (Fsp3) is 0.833. The zero-order valence-corrected chi connectivity index (χ0v) is 9.90. The molecule has 2 fully saturated rings. The Morgan fingerprint density at radius 2 is 1.62 bits per heavy atom. The monoisotopic (exact) mass is 225 g/mol. The van der Waals surface area contributed by atoms with Crippen LogP contribution in [0.3, 0.4) is 0 Å². The van der Waals surface area contributed by atoms with Crippen LogP contribution in [0.15, 0.2) is 0 Å². The van der Waals surface area contributed by atoms with E-state index in [2.05, 4.69) is 0 Å². The van der Waals surface area contributed by atoms with Gasteiger partial charge in [-0.2, -0.15) is 0 Å². The number of hydrogen-bond donors (Lipinski definition) is 1. The Morgan fingerprint density at radius 3 is 2.00 bits per heavy atom. The van der Waals surface area contributed by atoms with E-state index in [0.29, 0.717) is 0 Å². The Bertz CT molecular complexity index is 300. The molecule has 2 rings (SSSR count). The first-order chi connectivity index (χ1) is 7.53.